The first kappa shape index (κ1) is 14.2. The van der Waals surface area contributed by atoms with Gasteiger partial charge < -0.3 is 9.73 Å². The van der Waals surface area contributed by atoms with Crippen molar-refractivity contribution in [3.05, 3.63) is 59.5 Å². The first-order valence-electron chi connectivity index (χ1n) is 8.44. The highest BCUT2D eigenvalue weighted by atomic mass is 16.3. The molecule has 0 aliphatic heterocycles. The fraction of sp³-hybridized carbons (Fsp3) is 0.211. The fourth-order valence-electron chi connectivity index (χ4n) is 3.29. The smallest absolute Gasteiger partial charge is 0.255 e. The number of furan rings is 1. The number of hydrogen-bond acceptors (Lipinski definition) is 5. The molecule has 3 aromatic heterocycles. The van der Waals surface area contributed by atoms with Gasteiger partial charge in [-0.15, -0.1) is 5.10 Å². The molecule has 0 saturated carbocycles. The minimum Gasteiger partial charge on any atom is -0.461 e. The van der Waals surface area contributed by atoms with E-state index in [9.17, 15) is 0 Å². The van der Waals surface area contributed by atoms with Gasteiger partial charge in [-0.1, -0.05) is 17.7 Å². The topological polar surface area (TPSA) is 68.2 Å². The van der Waals surface area contributed by atoms with Crippen LogP contribution in [0.4, 0.5) is 11.5 Å². The molecule has 6 nitrogen and oxygen atoms in total. The van der Waals surface area contributed by atoms with E-state index >= 15 is 0 Å². The zero-order chi connectivity index (χ0) is 16.8. The van der Waals surface area contributed by atoms with E-state index in [4.69, 9.17) is 9.40 Å². The predicted molar refractivity (Wildman–Crippen MR) is 95.0 cm³/mol. The van der Waals surface area contributed by atoms with Crippen molar-refractivity contribution in [1.82, 2.24) is 19.6 Å². The normalized spacial score (nSPS) is 13.3. The van der Waals surface area contributed by atoms with Gasteiger partial charge in [0.2, 0.25) is 5.82 Å². The Bertz CT molecular complexity index is 1050. The van der Waals surface area contributed by atoms with E-state index in [-0.39, 0.29) is 0 Å². The van der Waals surface area contributed by atoms with Gasteiger partial charge in [-0.25, -0.2) is 4.98 Å². The SMILES string of the molecule is Cc1ccc(Nc2c3c(nc4nc(-c5ccco5)nn24)CCC3)cc1. The van der Waals surface area contributed by atoms with Gasteiger partial charge in [0.15, 0.2) is 5.76 Å². The van der Waals surface area contributed by atoms with Crippen LogP contribution >= 0.6 is 0 Å². The molecule has 5 rings (SSSR count). The largest absolute Gasteiger partial charge is 0.461 e. The van der Waals surface area contributed by atoms with E-state index in [2.05, 4.69) is 46.6 Å². The number of benzene rings is 1. The third kappa shape index (κ3) is 2.38. The molecule has 0 radical (unpaired) electrons. The molecular formula is C19H17N5O. The van der Waals surface area contributed by atoms with Crippen molar-refractivity contribution in [3.63, 3.8) is 0 Å². The van der Waals surface area contributed by atoms with E-state index in [0.29, 0.717) is 17.4 Å². The van der Waals surface area contributed by atoms with E-state index in [1.54, 1.807) is 10.8 Å². The Morgan fingerprint density at radius 1 is 1.08 bits per heavy atom. The first-order valence-corrected chi connectivity index (χ1v) is 8.44. The van der Waals surface area contributed by atoms with Crippen molar-refractivity contribution in [2.75, 3.05) is 5.32 Å². The lowest BCUT2D eigenvalue weighted by atomic mass is 10.2. The molecule has 3 heterocycles. The minimum absolute atomic E-state index is 0.549. The maximum absolute atomic E-state index is 5.43. The van der Waals surface area contributed by atoms with Crippen LogP contribution in [0.3, 0.4) is 0 Å². The zero-order valence-corrected chi connectivity index (χ0v) is 13.9. The third-order valence-corrected chi connectivity index (χ3v) is 4.57. The highest BCUT2D eigenvalue weighted by Crippen LogP contribution is 2.31. The van der Waals surface area contributed by atoms with Crippen LogP contribution in [0.1, 0.15) is 23.2 Å². The van der Waals surface area contributed by atoms with Crippen molar-refractivity contribution in [2.24, 2.45) is 0 Å². The molecule has 0 spiro atoms. The highest BCUT2D eigenvalue weighted by molar-refractivity contribution is 5.65. The number of anilines is 2. The molecule has 1 aliphatic rings. The zero-order valence-electron chi connectivity index (χ0n) is 13.9. The van der Waals surface area contributed by atoms with Gasteiger partial charge in [-0.05, 0) is 50.5 Å². The molecule has 25 heavy (non-hydrogen) atoms. The molecule has 1 aliphatic carbocycles. The lowest BCUT2D eigenvalue weighted by Crippen LogP contribution is -2.07. The summed E-state index contributed by atoms with van der Waals surface area (Å²) in [6.45, 7) is 2.08. The maximum Gasteiger partial charge on any atom is 0.255 e. The van der Waals surface area contributed by atoms with Gasteiger partial charge in [0, 0.05) is 11.3 Å². The highest BCUT2D eigenvalue weighted by Gasteiger charge is 2.23. The summed E-state index contributed by atoms with van der Waals surface area (Å²) >= 11 is 0. The third-order valence-electron chi connectivity index (χ3n) is 4.57. The standard InChI is InChI=1S/C19H17N5O/c1-12-7-9-13(10-8-12)20-18-14-4-2-5-15(14)21-19-22-17(23-24(18)19)16-6-3-11-25-16/h3,6-11,20H,2,4-5H2,1H3. The number of fused-ring (bicyclic) bond motifs is 2. The molecule has 0 atom stereocenters. The second kappa shape index (κ2) is 5.44. The molecule has 0 fully saturated rings. The molecule has 6 heteroatoms. The second-order valence-corrected chi connectivity index (χ2v) is 6.35. The maximum atomic E-state index is 5.43. The Morgan fingerprint density at radius 3 is 2.76 bits per heavy atom. The van der Waals surface area contributed by atoms with Gasteiger partial charge in [-0.2, -0.15) is 9.50 Å². The summed E-state index contributed by atoms with van der Waals surface area (Å²) < 4.78 is 7.23. The number of aromatic nitrogens is 4. The molecule has 4 aromatic rings. The molecular weight excluding hydrogens is 314 g/mol. The van der Waals surface area contributed by atoms with Crippen LogP contribution in [-0.2, 0) is 12.8 Å². The van der Waals surface area contributed by atoms with Gasteiger partial charge in [-0.3, -0.25) is 0 Å². The average Bonchev–Trinajstić information content (AvgIpc) is 3.36. The predicted octanol–water partition coefficient (Wildman–Crippen LogP) is 3.93. The number of hydrogen-bond donors (Lipinski definition) is 1. The van der Waals surface area contributed by atoms with Gasteiger partial charge in [0.1, 0.15) is 5.82 Å². The summed E-state index contributed by atoms with van der Waals surface area (Å²) in [5.41, 5.74) is 4.60. The second-order valence-electron chi connectivity index (χ2n) is 6.35. The summed E-state index contributed by atoms with van der Waals surface area (Å²) in [5.74, 6) is 2.74. The fourth-order valence-corrected chi connectivity index (χ4v) is 3.29. The molecule has 1 N–H and O–H groups in total. The van der Waals surface area contributed by atoms with Crippen molar-refractivity contribution in [2.45, 2.75) is 26.2 Å². The monoisotopic (exact) mass is 331 g/mol. The Labute approximate surface area is 144 Å². The molecule has 0 bridgehead atoms. The van der Waals surface area contributed by atoms with E-state index < -0.39 is 0 Å². The Morgan fingerprint density at radius 2 is 1.96 bits per heavy atom. The number of aryl methyl sites for hydroxylation is 2. The van der Waals surface area contributed by atoms with Crippen LogP contribution in [0.15, 0.2) is 47.1 Å². The molecule has 0 amide bonds. The summed E-state index contributed by atoms with van der Waals surface area (Å²) in [6, 6.07) is 12.0. The van der Waals surface area contributed by atoms with Crippen molar-refractivity contribution in [1.29, 1.82) is 0 Å². The molecule has 0 unspecified atom stereocenters. The van der Waals surface area contributed by atoms with E-state index in [0.717, 1.165) is 36.5 Å². The van der Waals surface area contributed by atoms with Crippen LogP contribution in [-0.4, -0.2) is 19.6 Å². The van der Waals surface area contributed by atoms with E-state index in [1.165, 1.54) is 11.1 Å². The van der Waals surface area contributed by atoms with Crippen LogP contribution in [0.2, 0.25) is 0 Å². The van der Waals surface area contributed by atoms with Crippen molar-refractivity contribution >= 4 is 17.3 Å². The quantitative estimate of drug-likeness (QED) is 0.616. The number of nitrogens with one attached hydrogen (secondary N) is 1. The number of nitrogens with zero attached hydrogens (tertiary/aromatic N) is 4. The van der Waals surface area contributed by atoms with Crippen LogP contribution in [0, 0.1) is 6.92 Å². The van der Waals surface area contributed by atoms with Crippen molar-refractivity contribution < 1.29 is 4.42 Å². The lowest BCUT2D eigenvalue weighted by Gasteiger charge is -2.12. The summed E-state index contributed by atoms with van der Waals surface area (Å²) in [6.07, 6.45) is 4.72. The summed E-state index contributed by atoms with van der Waals surface area (Å²) in [5, 5.41) is 8.16. The van der Waals surface area contributed by atoms with Gasteiger partial charge in [0.05, 0.1) is 12.0 Å². The van der Waals surface area contributed by atoms with E-state index in [1.807, 2.05) is 12.1 Å². The Kier molecular flexibility index (Phi) is 3.09. The lowest BCUT2D eigenvalue weighted by molar-refractivity contribution is 0.577. The summed E-state index contributed by atoms with van der Waals surface area (Å²) in [4.78, 5) is 9.27. The van der Waals surface area contributed by atoms with Crippen LogP contribution in [0.25, 0.3) is 17.4 Å². The van der Waals surface area contributed by atoms with Crippen LogP contribution in [0.5, 0.6) is 0 Å². The average molecular weight is 331 g/mol. The van der Waals surface area contributed by atoms with Crippen LogP contribution < -0.4 is 5.32 Å². The van der Waals surface area contributed by atoms with Crippen molar-refractivity contribution in [3.8, 4) is 11.6 Å². The summed E-state index contributed by atoms with van der Waals surface area (Å²) in [7, 11) is 0. The van der Waals surface area contributed by atoms with Gasteiger partial charge in [0.25, 0.3) is 5.78 Å². The minimum atomic E-state index is 0.549. The first-order chi connectivity index (χ1) is 12.3. The van der Waals surface area contributed by atoms with Gasteiger partial charge >= 0.3 is 0 Å². The Hall–Kier alpha value is -3.15. The Balaban J connectivity index is 1.68. The molecule has 124 valence electrons. The number of rotatable bonds is 3. The molecule has 0 saturated heterocycles. The molecule has 1 aromatic carbocycles.